The van der Waals surface area contributed by atoms with E-state index in [2.05, 4.69) is 31.9 Å². The first-order valence-corrected chi connectivity index (χ1v) is 5.92. The van der Waals surface area contributed by atoms with Crippen LogP contribution in [0.3, 0.4) is 0 Å². The maximum atomic E-state index is 11.2. The zero-order valence-electron chi connectivity index (χ0n) is 6.76. The number of hydrogen-bond acceptors (Lipinski definition) is 2. The first kappa shape index (κ1) is 12.3. The molecule has 0 fully saturated rings. The summed E-state index contributed by atoms with van der Waals surface area (Å²) in [5, 5.41) is 0.853. The van der Waals surface area contributed by atoms with Crippen molar-refractivity contribution in [3.05, 3.63) is 0 Å². The predicted molar refractivity (Wildman–Crippen MR) is 56.0 cm³/mol. The van der Waals surface area contributed by atoms with Gasteiger partial charge in [-0.3, -0.25) is 4.79 Å². The summed E-state index contributed by atoms with van der Waals surface area (Å²) in [6.07, 6.45) is 3.36. The Balaban J connectivity index is 3.53. The first-order chi connectivity index (χ1) is 5.72. The lowest BCUT2D eigenvalue weighted by Crippen LogP contribution is -2.13. The summed E-state index contributed by atoms with van der Waals surface area (Å²) in [6, 6.07) is 0. The van der Waals surface area contributed by atoms with E-state index in [1.165, 1.54) is 0 Å². The number of halogens is 2. The van der Waals surface area contributed by atoms with Crippen LogP contribution in [-0.4, -0.2) is 22.2 Å². The number of rotatable bonds is 7. The Hall–Kier alpha value is 0.300. The molecule has 1 unspecified atom stereocenters. The van der Waals surface area contributed by atoms with Crippen LogP contribution in [0, 0.1) is 0 Å². The second-order valence-electron chi connectivity index (χ2n) is 2.47. The number of aldehydes is 1. The highest BCUT2D eigenvalue weighted by Crippen LogP contribution is 2.11. The molecule has 1 atom stereocenters. The Bertz CT molecular complexity index is 148. The van der Waals surface area contributed by atoms with Crippen LogP contribution in [-0.2, 0) is 9.59 Å². The van der Waals surface area contributed by atoms with Crippen LogP contribution in [0.1, 0.15) is 25.7 Å². The van der Waals surface area contributed by atoms with Crippen LogP contribution in [0.15, 0.2) is 0 Å². The maximum Gasteiger partial charge on any atom is 0.146 e. The molecule has 0 saturated heterocycles. The van der Waals surface area contributed by atoms with Gasteiger partial charge in [-0.05, 0) is 12.8 Å². The summed E-state index contributed by atoms with van der Waals surface area (Å²) in [6.45, 7) is 0. The average molecular weight is 300 g/mol. The van der Waals surface area contributed by atoms with Gasteiger partial charge in [0.15, 0.2) is 0 Å². The second-order valence-corrected chi connectivity index (χ2v) is 4.37. The second kappa shape index (κ2) is 7.92. The molecule has 0 aromatic heterocycles. The summed E-state index contributed by atoms with van der Waals surface area (Å²) in [4.78, 5) is 21.1. The van der Waals surface area contributed by atoms with E-state index in [9.17, 15) is 9.59 Å². The van der Waals surface area contributed by atoms with Crippen molar-refractivity contribution in [2.24, 2.45) is 0 Å². The van der Waals surface area contributed by atoms with Gasteiger partial charge in [0.2, 0.25) is 0 Å². The molecule has 0 saturated carbocycles. The number of carbonyl (C=O) groups is 2. The highest BCUT2D eigenvalue weighted by atomic mass is 79.9. The van der Waals surface area contributed by atoms with Gasteiger partial charge in [-0.1, -0.05) is 31.9 Å². The molecule has 0 heterocycles. The quantitative estimate of drug-likeness (QED) is 0.535. The molecule has 0 aromatic carbocycles. The minimum Gasteiger partial charge on any atom is -0.303 e. The highest BCUT2D eigenvalue weighted by Gasteiger charge is 2.12. The van der Waals surface area contributed by atoms with E-state index in [-0.39, 0.29) is 10.6 Å². The summed E-state index contributed by atoms with van der Waals surface area (Å²) in [5.41, 5.74) is 0. The fourth-order valence-corrected chi connectivity index (χ4v) is 1.55. The van der Waals surface area contributed by atoms with E-state index in [1.807, 2.05) is 0 Å². The molecular formula is C8H12Br2O2. The molecule has 0 N–H and O–H groups in total. The molecular weight excluding hydrogens is 288 g/mol. The minimum atomic E-state index is -0.137. The third kappa shape index (κ3) is 5.89. The summed E-state index contributed by atoms with van der Waals surface area (Å²) < 4.78 is 0. The molecule has 0 aliphatic rings. The molecule has 0 spiro atoms. The standard InChI is InChI=1S/C8H12Br2O2/c9-5-1-4-8(12)7(10)3-2-6-11/h6-7H,1-5H2. The molecule has 0 aromatic rings. The van der Waals surface area contributed by atoms with Gasteiger partial charge in [0.25, 0.3) is 0 Å². The average Bonchev–Trinajstić information content (AvgIpc) is 2.10. The van der Waals surface area contributed by atoms with Crippen molar-refractivity contribution in [3.8, 4) is 0 Å². The zero-order valence-corrected chi connectivity index (χ0v) is 9.93. The van der Waals surface area contributed by atoms with E-state index in [1.54, 1.807) is 0 Å². The molecule has 0 amide bonds. The van der Waals surface area contributed by atoms with Crippen LogP contribution in [0.25, 0.3) is 0 Å². The van der Waals surface area contributed by atoms with Crippen LogP contribution in [0.5, 0.6) is 0 Å². The molecule has 0 aliphatic heterocycles. The van der Waals surface area contributed by atoms with Gasteiger partial charge in [0, 0.05) is 18.2 Å². The van der Waals surface area contributed by atoms with Gasteiger partial charge in [0.05, 0.1) is 4.83 Å². The normalized spacial score (nSPS) is 12.5. The minimum absolute atomic E-state index is 0.137. The zero-order chi connectivity index (χ0) is 9.40. The lowest BCUT2D eigenvalue weighted by atomic mass is 10.1. The SMILES string of the molecule is O=CCCC(Br)C(=O)CCCBr. The lowest BCUT2D eigenvalue weighted by Gasteiger charge is -2.04. The van der Waals surface area contributed by atoms with E-state index in [0.717, 1.165) is 18.0 Å². The van der Waals surface area contributed by atoms with Crippen LogP contribution in [0.2, 0.25) is 0 Å². The summed E-state index contributed by atoms with van der Waals surface area (Å²) in [5.74, 6) is 0.191. The number of hydrogen-bond donors (Lipinski definition) is 0. The van der Waals surface area contributed by atoms with Gasteiger partial charge in [-0.25, -0.2) is 0 Å². The third-order valence-electron chi connectivity index (χ3n) is 1.44. The Morgan fingerprint density at radius 1 is 1.50 bits per heavy atom. The smallest absolute Gasteiger partial charge is 0.146 e. The Morgan fingerprint density at radius 3 is 2.67 bits per heavy atom. The van der Waals surface area contributed by atoms with Crippen molar-refractivity contribution in [1.29, 1.82) is 0 Å². The first-order valence-electron chi connectivity index (χ1n) is 3.88. The van der Waals surface area contributed by atoms with Gasteiger partial charge in [-0.2, -0.15) is 0 Å². The van der Waals surface area contributed by atoms with Crippen molar-refractivity contribution in [3.63, 3.8) is 0 Å². The molecule has 4 heteroatoms. The molecule has 0 rings (SSSR count). The van der Waals surface area contributed by atoms with Crippen molar-refractivity contribution >= 4 is 43.9 Å². The van der Waals surface area contributed by atoms with Crippen LogP contribution < -0.4 is 0 Å². The molecule has 12 heavy (non-hydrogen) atoms. The lowest BCUT2D eigenvalue weighted by molar-refractivity contribution is -0.118. The van der Waals surface area contributed by atoms with Gasteiger partial charge < -0.3 is 4.79 Å². The predicted octanol–water partition coefficient (Wildman–Crippen LogP) is 2.47. The van der Waals surface area contributed by atoms with E-state index in [0.29, 0.717) is 19.3 Å². The van der Waals surface area contributed by atoms with Crippen molar-refractivity contribution < 1.29 is 9.59 Å². The molecule has 0 aliphatic carbocycles. The van der Waals surface area contributed by atoms with Gasteiger partial charge in [0.1, 0.15) is 12.1 Å². The summed E-state index contributed by atoms with van der Waals surface area (Å²) >= 11 is 6.51. The number of alkyl halides is 2. The maximum absolute atomic E-state index is 11.2. The van der Waals surface area contributed by atoms with Crippen molar-refractivity contribution in [2.45, 2.75) is 30.5 Å². The Kier molecular flexibility index (Phi) is 8.12. The van der Waals surface area contributed by atoms with E-state index < -0.39 is 0 Å². The fourth-order valence-electron chi connectivity index (χ4n) is 0.773. The Labute approximate surface area is 89.4 Å². The van der Waals surface area contributed by atoms with Gasteiger partial charge >= 0.3 is 0 Å². The van der Waals surface area contributed by atoms with Crippen LogP contribution >= 0.6 is 31.9 Å². The van der Waals surface area contributed by atoms with Crippen molar-refractivity contribution in [1.82, 2.24) is 0 Å². The highest BCUT2D eigenvalue weighted by molar-refractivity contribution is 9.10. The topological polar surface area (TPSA) is 34.1 Å². The van der Waals surface area contributed by atoms with Gasteiger partial charge in [-0.15, -0.1) is 0 Å². The van der Waals surface area contributed by atoms with E-state index >= 15 is 0 Å². The monoisotopic (exact) mass is 298 g/mol. The van der Waals surface area contributed by atoms with Crippen molar-refractivity contribution in [2.75, 3.05) is 5.33 Å². The molecule has 0 bridgehead atoms. The largest absolute Gasteiger partial charge is 0.303 e. The molecule has 2 nitrogen and oxygen atoms in total. The number of carbonyl (C=O) groups excluding carboxylic acids is 2. The third-order valence-corrected chi connectivity index (χ3v) is 2.97. The summed E-state index contributed by atoms with van der Waals surface area (Å²) in [7, 11) is 0. The molecule has 70 valence electrons. The van der Waals surface area contributed by atoms with E-state index in [4.69, 9.17) is 0 Å². The molecule has 0 radical (unpaired) electrons. The Morgan fingerprint density at radius 2 is 2.17 bits per heavy atom. The fraction of sp³-hybridized carbons (Fsp3) is 0.750. The number of Topliss-reactive ketones (excluding diaryl/α,β-unsaturated/α-hetero) is 1. The number of ketones is 1. The van der Waals surface area contributed by atoms with Crippen LogP contribution in [0.4, 0.5) is 0 Å².